The van der Waals surface area contributed by atoms with Crippen molar-refractivity contribution in [1.82, 2.24) is 5.32 Å². The van der Waals surface area contributed by atoms with Crippen molar-refractivity contribution >= 4 is 12.4 Å². The number of ether oxygens (including phenoxy) is 2. The quantitative estimate of drug-likeness (QED) is 0.910. The number of hydrogen-bond acceptors (Lipinski definition) is 3. The largest absolute Gasteiger partial charge is 0.486 e. The van der Waals surface area contributed by atoms with Crippen LogP contribution in [0.1, 0.15) is 23.6 Å². The summed E-state index contributed by atoms with van der Waals surface area (Å²) >= 11 is 0. The van der Waals surface area contributed by atoms with Gasteiger partial charge in [-0.1, -0.05) is 36.4 Å². The average Bonchev–Trinajstić information content (AvgIpc) is 2.56. The predicted molar refractivity (Wildman–Crippen MR) is 91.2 cm³/mol. The molecule has 0 radical (unpaired) electrons. The molecule has 1 atom stereocenters. The van der Waals surface area contributed by atoms with Crippen molar-refractivity contribution in [3.8, 4) is 11.5 Å². The summed E-state index contributed by atoms with van der Waals surface area (Å²) in [5, 5.41) is 3.40. The molecule has 0 saturated heterocycles. The van der Waals surface area contributed by atoms with E-state index in [0.29, 0.717) is 19.3 Å². The molecule has 1 unspecified atom stereocenters. The van der Waals surface area contributed by atoms with Crippen LogP contribution in [-0.2, 0) is 6.42 Å². The fourth-order valence-corrected chi connectivity index (χ4v) is 2.71. The first-order chi connectivity index (χ1) is 10.4. The van der Waals surface area contributed by atoms with Gasteiger partial charge in [0.1, 0.15) is 13.2 Å². The zero-order chi connectivity index (χ0) is 14.5. The molecule has 22 heavy (non-hydrogen) atoms. The SMILES string of the molecule is CNC(CCc1ccccc1)c1ccc2c(c1)OCCO2.Cl. The highest BCUT2D eigenvalue weighted by molar-refractivity contribution is 5.85. The summed E-state index contributed by atoms with van der Waals surface area (Å²) in [6, 6.07) is 17.1. The van der Waals surface area contributed by atoms with E-state index >= 15 is 0 Å². The van der Waals surface area contributed by atoms with Crippen LogP contribution in [-0.4, -0.2) is 20.3 Å². The number of benzene rings is 2. The minimum absolute atomic E-state index is 0. The Balaban J connectivity index is 0.00000176. The number of fused-ring (bicyclic) bond motifs is 1. The summed E-state index contributed by atoms with van der Waals surface area (Å²) in [7, 11) is 2.01. The van der Waals surface area contributed by atoms with Crippen LogP contribution < -0.4 is 14.8 Å². The molecule has 0 aromatic heterocycles. The van der Waals surface area contributed by atoms with Gasteiger partial charge in [-0.15, -0.1) is 12.4 Å². The van der Waals surface area contributed by atoms with Gasteiger partial charge in [-0.3, -0.25) is 0 Å². The molecular formula is C18H22ClNO2. The molecule has 1 aliphatic rings. The lowest BCUT2D eigenvalue weighted by molar-refractivity contribution is 0.171. The molecule has 2 aromatic rings. The molecular weight excluding hydrogens is 298 g/mol. The third-order valence-electron chi connectivity index (χ3n) is 3.88. The molecule has 1 aliphatic heterocycles. The molecule has 4 heteroatoms. The highest BCUT2D eigenvalue weighted by atomic mass is 35.5. The summed E-state index contributed by atoms with van der Waals surface area (Å²) in [5.41, 5.74) is 2.62. The Morgan fingerprint density at radius 1 is 1.00 bits per heavy atom. The molecule has 1 N–H and O–H groups in total. The van der Waals surface area contributed by atoms with Crippen LogP contribution in [0, 0.1) is 0 Å². The molecule has 3 nitrogen and oxygen atoms in total. The van der Waals surface area contributed by atoms with E-state index in [4.69, 9.17) is 9.47 Å². The zero-order valence-electron chi connectivity index (χ0n) is 12.7. The maximum absolute atomic E-state index is 5.67. The molecule has 0 aliphatic carbocycles. The first kappa shape index (κ1) is 16.7. The summed E-state index contributed by atoms with van der Waals surface area (Å²) in [5.74, 6) is 1.71. The van der Waals surface area contributed by atoms with Gasteiger partial charge in [-0.25, -0.2) is 0 Å². The number of rotatable bonds is 5. The van der Waals surface area contributed by atoms with Crippen molar-refractivity contribution in [2.24, 2.45) is 0 Å². The average molecular weight is 320 g/mol. The Morgan fingerprint density at radius 2 is 1.73 bits per heavy atom. The lowest BCUT2D eigenvalue weighted by Crippen LogP contribution is -2.19. The highest BCUT2D eigenvalue weighted by Gasteiger charge is 2.15. The number of hydrogen-bond donors (Lipinski definition) is 1. The fourth-order valence-electron chi connectivity index (χ4n) is 2.71. The summed E-state index contributed by atoms with van der Waals surface area (Å²) in [6.07, 6.45) is 2.11. The van der Waals surface area contributed by atoms with Crippen molar-refractivity contribution in [3.63, 3.8) is 0 Å². The molecule has 0 spiro atoms. The summed E-state index contributed by atoms with van der Waals surface area (Å²) in [6.45, 7) is 1.26. The second-order valence-electron chi connectivity index (χ2n) is 5.27. The molecule has 0 bridgehead atoms. The zero-order valence-corrected chi connectivity index (χ0v) is 13.6. The van der Waals surface area contributed by atoms with Gasteiger partial charge in [0.05, 0.1) is 0 Å². The van der Waals surface area contributed by atoms with E-state index in [2.05, 4.69) is 47.8 Å². The summed E-state index contributed by atoms with van der Waals surface area (Å²) < 4.78 is 11.2. The Labute approximate surface area is 138 Å². The van der Waals surface area contributed by atoms with Crippen LogP contribution >= 0.6 is 12.4 Å². The van der Waals surface area contributed by atoms with Crippen molar-refractivity contribution in [3.05, 3.63) is 59.7 Å². The standard InChI is InChI=1S/C18H21NO2.ClH/c1-19-16(9-7-14-5-3-2-4-6-14)15-8-10-17-18(13-15)21-12-11-20-17;/h2-6,8,10,13,16,19H,7,9,11-12H2,1H3;1H. The molecule has 1 heterocycles. The monoisotopic (exact) mass is 319 g/mol. The Hall–Kier alpha value is -1.71. The normalized spacial score (nSPS) is 14.0. The van der Waals surface area contributed by atoms with E-state index in [-0.39, 0.29) is 12.4 Å². The van der Waals surface area contributed by atoms with Gasteiger partial charge in [0, 0.05) is 6.04 Å². The minimum Gasteiger partial charge on any atom is -0.486 e. The van der Waals surface area contributed by atoms with Crippen LogP contribution in [0.2, 0.25) is 0 Å². The maximum Gasteiger partial charge on any atom is 0.161 e. The highest BCUT2D eigenvalue weighted by Crippen LogP contribution is 2.33. The lowest BCUT2D eigenvalue weighted by atomic mass is 9.98. The smallest absolute Gasteiger partial charge is 0.161 e. The number of halogens is 1. The van der Waals surface area contributed by atoms with E-state index in [0.717, 1.165) is 24.3 Å². The van der Waals surface area contributed by atoms with E-state index in [9.17, 15) is 0 Å². The molecule has 0 fully saturated rings. The Bertz CT molecular complexity index is 589. The molecule has 2 aromatic carbocycles. The van der Waals surface area contributed by atoms with Gasteiger partial charge >= 0.3 is 0 Å². The van der Waals surface area contributed by atoms with Crippen LogP contribution in [0.4, 0.5) is 0 Å². The maximum atomic E-state index is 5.67. The fraction of sp³-hybridized carbons (Fsp3) is 0.333. The van der Waals surface area contributed by atoms with Gasteiger partial charge in [0.15, 0.2) is 11.5 Å². The summed E-state index contributed by atoms with van der Waals surface area (Å²) in [4.78, 5) is 0. The van der Waals surface area contributed by atoms with E-state index in [1.807, 2.05) is 13.1 Å². The van der Waals surface area contributed by atoms with Gasteiger partial charge in [-0.05, 0) is 43.1 Å². The number of aryl methyl sites for hydroxylation is 1. The molecule has 0 amide bonds. The predicted octanol–water partition coefficient (Wildman–Crippen LogP) is 3.77. The first-order valence-electron chi connectivity index (χ1n) is 7.47. The first-order valence-corrected chi connectivity index (χ1v) is 7.47. The van der Waals surface area contributed by atoms with E-state index < -0.39 is 0 Å². The van der Waals surface area contributed by atoms with E-state index in [1.165, 1.54) is 11.1 Å². The van der Waals surface area contributed by atoms with Crippen molar-refractivity contribution in [2.45, 2.75) is 18.9 Å². The van der Waals surface area contributed by atoms with Crippen molar-refractivity contribution < 1.29 is 9.47 Å². The Kier molecular flexibility index (Phi) is 6.10. The van der Waals surface area contributed by atoms with Gasteiger partial charge < -0.3 is 14.8 Å². The lowest BCUT2D eigenvalue weighted by Gasteiger charge is -2.22. The van der Waals surface area contributed by atoms with Crippen LogP contribution in [0.3, 0.4) is 0 Å². The van der Waals surface area contributed by atoms with Crippen LogP contribution in [0.15, 0.2) is 48.5 Å². The third-order valence-corrected chi connectivity index (χ3v) is 3.88. The van der Waals surface area contributed by atoms with E-state index in [1.54, 1.807) is 0 Å². The van der Waals surface area contributed by atoms with Crippen LogP contribution in [0.25, 0.3) is 0 Å². The van der Waals surface area contributed by atoms with Crippen molar-refractivity contribution in [2.75, 3.05) is 20.3 Å². The van der Waals surface area contributed by atoms with Gasteiger partial charge in [0.25, 0.3) is 0 Å². The second-order valence-corrected chi connectivity index (χ2v) is 5.27. The molecule has 3 rings (SSSR count). The minimum atomic E-state index is 0. The van der Waals surface area contributed by atoms with Gasteiger partial charge in [0.2, 0.25) is 0 Å². The van der Waals surface area contributed by atoms with Gasteiger partial charge in [-0.2, -0.15) is 0 Å². The topological polar surface area (TPSA) is 30.5 Å². The molecule has 118 valence electrons. The second kappa shape index (κ2) is 8.06. The third kappa shape index (κ3) is 3.93. The number of nitrogens with one attached hydrogen (secondary N) is 1. The Morgan fingerprint density at radius 3 is 2.45 bits per heavy atom. The molecule has 0 saturated carbocycles. The van der Waals surface area contributed by atoms with Crippen LogP contribution in [0.5, 0.6) is 11.5 Å². The van der Waals surface area contributed by atoms with Crippen molar-refractivity contribution in [1.29, 1.82) is 0 Å².